The van der Waals surface area contributed by atoms with Crippen molar-refractivity contribution in [1.82, 2.24) is 0 Å². The molecule has 0 radical (unpaired) electrons. The van der Waals surface area contributed by atoms with Crippen molar-refractivity contribution >= 4 is 17.9 Å². The number of quaternary nitrogens is 1. The van der Waals surface area contributed by atoms with E-state index in [1.807, 2.05) is 21.1 Å². The molecule has 0 bridgehead atoms. The van der Waals surface area contributed by atoms with Gasteiger partial charge in [-0.3, -0.25) is 9.59 Å². The molecule has 0 aliphatic rings. The van der Waals surface area contributed by atoms with Crippen LogP contribution < -0.4 is 5.11 Å². The predicted octanol–water partition coefficient (Wildman–Crippen LogP) is 22.7. The highest BCUT2D eigenvalue weighted by molar-refractivity contribution is 5.70. The second-order valence-electron chi connectivity index (χ2n) is 25.9. The molecule has 0 aliphatic carbocycles. The highest BCUT2D eigenvalue weighted by Crippen LogP contribution is 2.17. The van der Waals surface area contributed by atoms with Crippen LogP contribution in [-0.4, -0.2) is 82.3 Å². The van der Waals surface area contributed by atoms with E-state index in [0.29, 0.717) is 17.4 Å². The van der Waals surface area contributed by atoms with Crippen LogP contribution in [0.4, 0.5) is 0 Å². The largest absolute Gasteiger partial charge is 0.545 e. The van der Waals surface area contributed by atoms with Crippen LogP contribution in [0.15, 0.2) is 158 Å². The molecule has 0 aromatic heterocycles. The van der Waals surface area contributed by atoms with Crippen molar-refractivity contribution in [3.63, 3.8) is 0 Å². The molecule has 528 valence electrons. The molecule has 2 unspecified atom stereocenters. The number of allylic oxidation sites excluding steroid dienone is 26. The molecule has 0 aromatic carbocycles. The van der Waals surface area contributed by atoms with Crippen LogP contribution in [0.2, 0.25) is 0 Å². The molecule has 0 amide bonds. The number of carbonyl (C=O) groups is 3. The minimum Gasteiger partial charge on any atom is -0.545 e. The first-order valence-corrected chi connectivity index (χ1v) is 37.6. The summed E-state index contributed by atoms with van der Waals surface area (Å²) >= 11 is 0. The third-order valence-electron chi connectivity index (χ3n) is 15.8. The van der Waals surface area contributed by atoms with E-state index in [2.05, 4.69) is 172 Å². The molecular weight excluding hydrogens is 1150 g/mol. The van der Waals surface area contributed by atoms with Gasteiger partial charge < -0.3 is 33.3 Å². The van der Waals surface area contributed by atoms with E-state index in [1.165, 1.54) is 135 Å². The second kappa shape index (κ2) is 72.7. The molecular formula is C84H139NO8. The SMILES string of the molecule is CC/C=C\C/C=C\C/C=C\C/C=C\C/C=C\C/C=C\C/C=C\C/C=C\C/C=C\C/C=C\C/C=C\CCCCCCCC(=O)OC(COC(=O)CCCCCCCCCCCCCCCCCCC/C=C\C/C=C\CCCCCCC)COC(OCC[N+](C)(C)C)C(=O)[O-]. The predicted molar refractivity (Wildman–Crippen MR) is 398 cm³/mol. The maximum atomic E-state index is 12.9. The molecule has 2 atom stereocenters. The van der Waals surface area contributed by atoms with Crippen LogP contribution in [0.5, 0.6) is 0 Å². The van der Waals surface area contributed by atoms with Crippen LogP contribution in [-0.2, 0) is 33.3 Å². The van der Waals surface area contributed by atoms with Crippen molar-refractivity contribution in [2.45, 2.75) is 309 Å². The van der Waals surface area contributed by atoms with Crippen LogP contribution in [0, 0.1) is 0 Å². The Hall–Kier alpha value is -5.09. The Morgan fingerprint density at radius 2 is 0.613 bits per heavy atom. The number of unbranched alkanes of at least 4 members (excludes halogenated alkanes) is 27. The monoisotopic (exact) mass is 1290 g/mol. The highest BCUT2D eigenvalue weighted by Gasteiger charge is 2.22. The first kappa shape index (κ1) is 87.9. The number of nitrogens with zero attached hydrogens (tertiary/aromatic N) is 1. The number of carboxylic acid groups (broad SMARTS) is 1. The number of aliphatic carboxylic acids is 1. The number of esters is 2. The quantitative estimate of drug-likeness (QED) is 0.0195. The fraction of sp³-hybridized carbons (Fsp3) is 0.655. The van der Waals surface area contributed by atoms with E-state index in [1.54, 1.807) is 0 Å². The Kier molecular flexibility index (Phi) is 68.8. The number of hydrogen-bond donors (Lipinski definition) is 0. The number of rotatable bonds is 68. The summed E-state index contributed by atoms with van der Waals surface area (Å²) in [4.78, 5) is 37.5. The zero-order chi connectivity index (χ0) is 67.5. The smallest absolute Gasteiger partial charge is 0.306 e. The lowest BCUT2D eigenvalue weighted by atomic mass is 10.0. The van der Waals surface area contributed by atoms with Gasteiger partial charge in [-0.25, -0.2) is 0 Å². The summed E-state index contributed by atoms with van der Waals surface area (Å²) in [5, 5.41) is 11.8. The molecule has 9 nitrogen and oxygen atoms in total. The molecule has 0 spiro atoms. The van der Waals surface area contributed by atoms with Gasteiger partial charge in [-0.15, -0.1) is 0 Å². The second-order valence-corrected chi connectivity index (χ2v) is 25.9. The van der Waals surface area contributed by atoms with Crippen LogP contribution in [0.25, 0.3) is 0 Å². The molecule has 0 fully saturated rings. The molecule has 9 heteroatoms. The third kappa shape index (κ3) is 74.2. The molecule has 0 aliphatic heterocycles. The maximum absolute atomic E-state index is 12.9. The van der Waals surface area contributed by atoms with Crippen molar-refractivity contribution in [1.29, 1.82) is 0 Å². The average Bonchev–Trinajstić information content (AvgIpc) is 3.38. The summed E-state index contributed by atoms with van der Waals surface area (Å²) in [6, 6.07) is 0. The molecule has 93 heavy (non-hydrogen) atoms. The Morgan fingerprint density at radius 1 is 0.333 bits per heavy atom. The summed E-state index contributed by atoms with van der Waals surface area (Å²) in [5.74, 6) is -2.31. The lowest BCUT2D eigenvalue weighted by Crippen LogP contribution is -2.44. The van der Waals surface area contributed by atoms with E-state index in [9.17, 15) is 19.5 Å². The third-order valence-corrected chi connectivity index (χ3v) is 15.8. The van der Waals surface area contributed by atoms with Gasteiger partial charge >= 0.3 is 11.9 Å². The summed E-state index contributed by atoms with van der Waals surface area (Å²) in [5.41, 5.74) is 0. The van der Waals surface area contributed by atoms with E-state index >= 15 is 0 Å². The number of carbonyl (C=O) groups excluding carboxylic acids is 3. The number of ether oxygens (including phenoxy) is 4. The standard InChI is InChI=1S/C84H139NO8/c1-6-8-10-12-14-16-18-20-22-24-26-28-30-32-34-36-37-38-39-40-41-42-43-44-45-47-49-51-53-55-57-59-61-63-65-67-69-71-73-75-82(87)93-80(79-92-84(83(88)89)90-77-76-85(3,4)5)78-91-81(86)74-72-70-68-66-64-62-60-58-56-54-52-50-48-46-35-33-31-29-27-25-23-21-19-17-15-13-11-9-7-2/h8,10,14,16,19-22,25-28,32,34,37-38,40-41,43-44,47,49,53,55,59,61,80,84H,6-7,9,11-13,15,17-18,23-24,29-31,33,35-36,39,42,45-46,48,50-52,54,56-58,60,62-79H2,1-5H3/b10-8-,16-14-,21-19-,22-20-,27-25-,28-26-,34-32-,38-37-,41-40-,44-43-,49-47-,55-53-,61-59-. The van der Waals surface area contributed by atoms with E-state index in [-0.39, 0.29) is 38.6 Å². The molecule has 0 saturated carbocycles. The fourth-order valence-electron chi connectivity index (χ4n) is 10.0. The van der Waals surface area contributed by atoms with Crippen molar-refractivity contribution < 1.29 is 42.9 Å². The van der Waals surface area contributed by atoms with E-state index in [0.717, 1.165) is 128 Å². The molecule has 0 N–H and O–H groups in total. The molecule has 0 aromatic rings. The summed E-state index contributed by atoms with van der Waals surface area (Å²) in [6.07, 6.45) is 105. The van der Waals surface area contributed by atoms with Gasteiger partial charge in [-0.05, 0) is 128 Å². The average molecular weight is 1290 g/mol. The number of carboxylic acids is 1. The Morgan fingerprint density at radius 3 is 0.914 bits per heavy atom. The first-order valence-electron chi connectivity index (χ1n) is 37.6. The van der Waals surface area contributed by atoms with Gasteiger partial charge in [0, 0.05) is 12.8 Å². The van der Waals surface area contributed by atoms with Crippen molar-refractivity contribution in [2.24, 2.45) is 0 Å². The molecule has 0 saturated heterocycles. The first-order chi connectivity index (χ1) is 45.6. The lowest BCUT2D eigenvalue weighted by molar-refractivity contribution is -0.870. The van der Waals surface area contributed by atoms with Crippen LogP contribution in [0.1, 0.15) is 296 Å². The van der Waals surface area contributed by atoms with Gasteiger partial charge in [0.25, 0.3) is 0 Å². The Balaban J connectivity index is 4.18. The Bertz CT molecular complexity index is 2090. The van der Waals surface area contributed by atoms with Crippen molar-refractivity contribution in [2.75, 3.05) is 47.5 Å². The maximum Gasteiger partial charge on any atom is 0.306 e. The van der Waals surface area contributed by atoms with Gasteiger partial charge in [0.05, 0.1) is 40.3 Å². The minimum atomic E-state index is -1.64. The van der Waals surface area contributed by atoms with E-state index in [4.69, 9.17) is 18.9 Å². The van der Waals surface area contributed by atoms with Gasteiger partial charge in [0.15, 0.2) is 12.4 Å². The fourth-order valence-corrected chi connectivity index (χ4v) is 10.0. The molecule has 0 heterocycles. The van der Waals surface area contributed by atoms with Crippen LogP contribution >= 0.6 is 0 Å². The summed E-state index contributed by atoms with van der Waals surface area (Å²) < 4.78 is 22.8. The minimum absolute atomic E-state index is 0.137. The van der Waals surface area contributed by atoms with Gasteiger partial charge in [-0.1, -0.05) is 313 Å². The lowest BCUT2D eigenvalue weighted by Gasteiger charge is -2.26. The van der Waals surface area contributed by atoms with Crippen LogP contribution in [0.3, 0.4) is 0 Å². The topological polar surface area (TPSA) is 111 Å². The van der Waals surface area contributed by atoms with Gasteiger partial charge in [0.2, 0.25) is 0 Å². The van der Waals surface area contributed by atoms with Gasteiger partial charge in [-0.2, -0.15) is 0 Å². The zero-order valence-electron chi connectivity index (χ0n) is 60.3. The van der Waals surface area contributed by atoms with E-state index < -0.39 is 24.3 Å². The Labute approximate surface area is 572 Å². The summed E-state index contributed by atoms with van der Waals surface area (Å²) in [7, 11) is 5.92. The van der Waals surface area contributed by atoms with Crippen molar-refractivity contribution in [3.8, 4) is 0 Å². The summed E-state index contributed by atoms with van der Waals surface area (Å²) in [6.45, 7) is 4.61. The highest BCUT2D eigenvalue weighted by atomic mass is 16.7. The normalized spacial score (nSPS) is 13.6. The number of hydrogen-bond acceptors (Lipinski definition) is 8. The molecule has 0 rings (SSSR count). The zero-order valence-corrected chi connectivity index (χ0v) is 60.3. The van der Waals surface area contributed by atoms with Gasteiger partial charge in [0.1, 0.15) is 13.2 Å². The van der Waals surface area contributed by atoms with Crippen molar-refractivity contribution in [3.05, 3.63) is 158 Å². The number of likely N-dealkylation sites (N-methyl/N-ethyl adjacent to an activating group) is 1.